The maximum atomic E-state index is 12.9. The predicted octanol–water partition coefficient (Wildman–Crippen LogP) is 3.27. The zero-order valence-electron chi connectivity index (χ0n) is 20.3. The number of likely N-dealkylation sites (N-methyl/N-ethyl adjacent to an activating group) is 2. The Kier molecular flexibility index (Phi) is 6.86. The van der Waals surface area contributed by atoms with E-state index >= 15 is 0 Å². The number of anilines is 1. The van der Waals surface area contributed by atoms with Crippen molar-refractivity contribution in [2.24, 2.45) is 0 Å². The van der Waals surface area contributed by atoms with Crippen molar-refractivity contribution in [2.45, 2.75) is 26.7 Å². The van der Waals surface area contributed by atoms with Gasteiger partial charge >= 0.3 is 0 Å². The van der Waals surface area contributed by atoms with Crippen molar-refractivity contribution in [1.82, 2.24) is 24.6 Å². The van der Waals surface area contributed by atoms with Crippen LogP contribution in [0.2, 0.25) is 0 Å². The number of amides is 2. The first-order chi connectivity index (χ1) is 16.4. The SMILES string of the molecule is CCc1nc2ccc(C(=O)NCCc3c[nH]c4ccccc34)cn2c1N(CC)CC(=O)N(C)C. The number of aromatic nitrogens is 3. The molecule has 0 spiro atoms. The van der Waals surface area contributed by atoms with Crippen molar-refractivity contribution < 1.29 is 9.59 Å². The van der Waals surface area contributed by atoms with Crippen molar-refractivity contribution in [1.29, 1.82) is 0 Å². The third-order valence-corrected chi connectivity index (χ3v) is 6.12. The third-order valence-electron chi connectivity index (χ3n) is 6.12. The molecule has 178 valence electrons. The summed E-state index contributed by atoms with van der Waals surface area (Å²) in [6.45, 7) is 5.51. The molecule has 0 atom stereocenters. The van der Waals surface area contributed by atoms with Gasteiger partial charge in [0.05, 0.1) is 17.8 Å². The van der Waals surface area contributed by atoms with Crippen LogP contribution in [-0.2, 0) is 17.6 Å². The standard InChI is InChI=1S/C26H32N6O2/c1-5-21-26(31(6-2)17-24(33)30(3)4)32-16-19(11-12-23(32)29-21)25(34)27-14-13-18-15-28-22-10-8-7-9-20(18)22/h7-12,15-16,28H,5-6,13-14,17H2,1-4H3,(H,27,34). The van der Waals surface area contributed by atoms with Gasteiger partial charge in [-0.2, -0.15) is 0 Å². The molecule has 8 heteroatoms. The first-order valence-corrected chi connectivity index (χ1v) is 11.7. The van der Waals surface area contributed by atoms with Gasteiger partial charge in [-0.3, -0.25) is 14.0 Å². The van der Waals surface area contributed by atoms with Crippen LogP contribution in [0.5, 0.6) is 0 Å². The Morgan fingerprint density at radius 1 is 1.12 bits per heavy atom. The molecule has 8 nitrogen and oxygen atoms in total. The topological polar surface area (TPSA) is 85.7 Å². The highest BCUT2D eigenvalue weighted by Crippen LogP contribution is 2.24. The molecule has 3 heterocycles. The average molecular weight is 461 g/mol. The van der Waals surface area contributed by atoms with Crippen LogP contribution >= 0.6 is 0 Å². The van der Waals surface area contributed by atoms with Gasteiger partial charge in [0.25, 0.3) is 5.91 Å². The average Bonchev–Trinajstić information content (AvgIpc) is 3.43. The summed E-state index contributed by atoms with van der Waals surface area (Å²) in [5.74, 6) is 0.750. The van der Waals surface area contributed by atoms with Crippen molar-refractivity contribution in [2.75, 3.05) is 38.6 Å². The van der Waals surface area contributed by atoms with Gasteiger partial charge in [-0.1, -0.05) is 25.1 Å². The largest absolute Gasteiger partial charge is 0.361 e. The van der Waals surface area contributed by atoms with Crippen LogP contribution < -0.4 is 10.2 Å². The molecule has 0 saturated heterocycles. The van der Waals surface area contributed by atoms with E-state index in [2.05, 4.69) is 16.4 Å². The molecule has 2 amide bonds. The maximum absolute atomic E-state index is 12.9. The molecular weight excluding hydrogens is 428 g/mol. The number of aryl methyl sites for hydroxylation is 1. The fourth-order valence-corrected chi connectivity index (χ4v) is 4.18. The van der Waals surface area contributed by atoms with Gasteiger partial charge < -0.3 is 20.1 Å². The molecule has 4 aromatic rings. The highest BCUT2D eigenvalue weighted by atomic mass is 16.2. The zero-order chi connectivity index (χ0) is 24.2. The van der Waals surface area contributed by atoms with E-state index in [1.807, 2.05) is 59.8 Å². The minimum absolute atomic E-state index is 0.0185. The number of pyridine rings is 1. The van der Waals surface area contributed by atoms with E-state index in [1.54, 1.807) is 25.1 Å². The number of fused-ring (bicyclic) bond motifs is 2. The fourth-order valence-electron chi connectivity index (χ4n) is 4.18. The molecule has 0 unspecified atom stereocenters. The Labute approximate surface area is 199 Å². The lowest BCUT2D eigenvalue weighted by atomic mass is 10.1. The lowest BCUT2D eigenvalue weighted by Gasteiger charge is -2.24. The Bertz CT molecular complexity index is 1320. The number of rotatable bonds is 9. The minimum Gasteiger partial charge on any atom is -0.361 e. The van der Waals surface area contributed by atoms with Crippen LogP contribution in [0.25, 0.3) is 16.6 Å². The number of carbonyl (C=O) groups excluding carboxylic acids is 2. The van der Waals surface area contributed by atoms with Gasteiger partial charge in [0.15, 0.2) is 0 Å². The van der Waals surface area contributed by atoms with Gasteiger partial charge in [-0.05, 0) is 43.5 Å². The number of aromatic amines is 1. The lowest BCUT2D eigenvalue weighted by molar-refractivity contribution is -0.127. The number of nitrogens with one attached hydrogen (secondary N) is 2. The lowest BCUT2D eigenvalue weighted by Crippen LogP contribution is -2.37. The summed E-state index contributed by atoms with van der Waals surface area (Å²) in [5.41, 5.74) is 4.51. The quantitative estimate of drug-likeness (QED) is 0.401. The number of hydrogen-bond acceptors (Lipinski definition) is 4. The summed E-state index contributed by atoms with van der Waals surface area (Å²) in [6, 6.07) is 11.8. The number of para-hydroxylation sites is 1. The van der Waals surface area contributed by atoms with Crippen LogP contribution in [0.15, 0.2) is 48.8 Å². The molecule has 34 heavy (non-hydrogen) atoms. The van der Waals surface area contributed by atoms with Crippen LogP contribution in [-0.4, -0.2) is 64.8 Å². The molecule has 3 aromatic heterocycles. The first kappa shape index (κ1) is 23.4. The van der Waals surface area contributed by atoms with Crippen LogP contribution in [0.1, 0.15) is 35.5 Å². The third kappa shape index (κ3) is 4.62. The molecule has 0 bridgehead atoms. The smallest absolute Gasteiger partial charge is 0.252 e. The van der Waals surface area contributed by atoms with Gasteiger partial charge in [-0.15, -0.1) is 0 Å². The maximum Gasteiger partial charge on any atom is 0.252 e. The molecule has 0 aliphatic rings. The monoisotopic (exact) mass is 460 g/mol. The van der Waals surface area contributed by atoms with Crippen molar-refractivity contribution >= 4 is 34.2 Å². The Balaban J connectivity index is 1.54. The number of H-pyrrole nitrogens is 1. The summed E-state index contributed by atoms with van der Waals surface area (Å²) < 4.78 is 1.93. The van der Waals surface area contributed by atoms with Gasteiger partial charge in [0.1, 0.15) is 11.5 Å². The van der Waals surface area contributed by atoms with E-state index in [4.69, 9.17) is 4.98 Å². The summed E-state index contributed by atoms with van der Waals surface area (Å²) in [4.78, 5) is 37.0. The number of carbonyl (C=O) groups is 2. The van der Waals surface area contributed by atoms with Crippen molar-refractivity contribution in [3.63, 3.8) is 0 Å². The Hall–Kier alpha value is -3.81. The Morgan fingerprint density at radius 2 is 1.91 bits per heavy atom. The number of hydrogen-bond donors (Lipinski definition) is 2. The highest BCUT2D eigenvalue weighted by Gasteiger charge is 2.20. The fraction of sp³-hybridized carbons (Fsp3) is 0.346. The summed E-state index contributed by atoms with van der Waals surface area (Å²) in [6.07, 6.45) is 5.29. The van der Waals surface area contributed by atoms with Gasteiger partial charge in [-0.25, -0.2) is 4.98 Å². The number of imidazole rings is 1. The number of nitrogens with zero attached hydrogens (tertiary/aromatic N) is 4. The van der Waals surface area contributed by atoms with Gasteiger partial charge in [0, 0.05) is 50.5 Å². The minimum atomic E-state index is -0.133. The van der Waals surface area contributed by atoms with Crippen molar-refractivity contribution in [3.8, 4) is 0 Å². The molecule has 0 aliphatic carbocycles. The summed E-state index contributed by atoms with van der Waals surface area (Å²) in [5, 5.41) is 4.22. The molecule has 2 N–H and O–H groups in total. The molecule has 1 aromatic carbocycles. The first-order valence-electron chi connectivity index (χ1n) is 11.7. The molecule has 0 aliphatic heterocycles. The molecular formula is C26H32N6O2. The van der Waals surface area contributed by atoms with Crippen LogP contribution in [0.3, 0.4) is 0 Å². The van der Waals surface area contributed by atoms with E-state index in [0.29, 0.717) is 18.7 Å². The second-order valence-corrected chi connectivity index (χ2v) is 8.55. The van der Waals surface area contributed by atoms with E-state index in [-0.39, 0.29) is 18.4 Å². The predicted molar refractivity (Wildman–Crippen MR) is 135 cm³/mol. The van der Waals surface area contributed by atoms with Crippen LogP contribution in [0, 0.1) is 0 Å². The number of benzene rings is 1. The second-order valence-electron chi connectivity index (χ2n) is 8.55. The normalized spacial score (nSPS) is 11.2. The second kappa shape index (κ2) is 9.99. The van der Waals surface area contributed by atoms with Crippen LogP contribution in [0.4, 0.5) is 5.82 Å². The molecule has 0 fully saturated rings. The Morgan fingerprint density at radius 3 is 2.65 bits per heavy atom. The van der Waals surface area contributed by atoms with Crippen molar-refractivity contribution in [3.05, 3.63) is 65.6 Å². The highest BCUT2D eigenvalue weighted by molar-refractivity contribution is 5.94. The molecule has 0 saturated carbocycles. The summed E-state index contributed by atoms with van der Waals surface area (Å²) >= 11 is 0. The summed E-state index contributed by atoms with van der Waals surface area (Å²) in [7, 11) is 3.51. The van der Waals surface area contributed by atoms with E-state index in [0.717, 1.165) is 35.5 Å². The van der Waals surface area contributed by atoms with Gasteiger partial charge in [0.2, 0.25) is 5.91 Å². The molecule has 4 rings (SSSR count). The zero-order valence-corrected chi connectivity index (χ0v) is 20.3. The van der Waals surface area contributed by atoms with E-state index < -0.39 is 0 Å². The van der Waals surface area contributed by atoms with E-state index in [1.165, 1.54) is 10.9 Å². The molecule has 0 radical (unpaired) electrons. The van der Waals surface area contributed by atoms with E-state index in [9.17, 15) is 9.59 Å².